The zero-order chi connectivity index (χ0) is 25.3. The highest BCUT2D eigenvalue weighted by molar-refractivity contribution is 5.92. The first-order valence-electron chi connectivity index (χ1n) is 12.8. The Morgan fingerprint density at radius 1 is 0.833 bits per heavy atom. The van der Waals surface area contributed by atoms with Crippen LogP contribution in [0.5, 0.6) is 0 Å². The van der Waals surface area contributed by atoms with Gasteiger partial charge in [0.15, 0.2) is 0 Å². The number of carbonyl (C=O) groups excluding carboxylic acids is 2. The standard InChI is InChI=1S/C30H36N4O2/c1-23(2)28(30(36)34-21-19-33(20-22-34)18-15-24-13-16-31-17-14-24)32-29(35)27(25-9-5-3-6-10-25)26-11-7-4-8-12-26/h3-14,16-17,23,27-28H,15,18-22H2,1-2H3,(H,32,35)/t28-/m0/s1. The molecule has 1 N–H and O–H groups in total. The van der Waals surface area contributed by atoms with Crippen molar-refractivity contribution in [2.24, 2.45) is 5.92 Å². The van der Waals surface area contributed by atoms with E-state index >= 15 is 0 Å². The van der Waals surface area contributed by atoms with Gasteiger partial charge in [-0.2, -0.15) is 0 Å². The third-order valence-corrected chi connectivity index (χ3v) is 6.91. The van der Waals surface area contributed by atoms with E-state index in [1.807, 2.05) is 104 Å². The monoisotopic (exact) mass is 484 g/mol. The van der Waals surface area contributed by atoms with Gasteiger partial charge in [-0.3, -0.25) is 19.5 Å². The molecule has 0 radical (unpaired) electrons. The maximum Gasteiger partial charge on any atom is 0.245 e. The van der Waals surface area contributed by atoms with E-state index in [1.54, 1.807) is 0 Å². The fourth-order valence-corrected chi connectivity index (χ4v) is 4.76. The molecule has 6 heteroatoms. The number of hydrogen-bond donors (Lipinski definition) is 1. The van der Waals surface area contributed by atoms with E-state index in [4.69, 9.17) is 0 Å². The van der Waals surface area contributed by atoms with Crippen LogP contribution in [0.2, 0.25) is 0 Å². The maximum atomic E-state index is 13.6. The lowest BCUT2D eigenvalue weighted by Gasteiger charge is -2.37. The number of benzene rings is 2. The molecule has 0 spiro atoms. The first-order chi connectivity index (χ1) is 17.5. The van der Waals surface area contributed by atoms with Crippen molar-refractivity contribution in [2.45, 2.75) is 32.2 Å². The molecule has 1 fully saturated rings. The van der Waals surface area contributed by atoms with Crippen LogP contribution in [-0.2, 0) is 16.0 Å². The average Bonchev–Trinajstić information content (AvgIpc) is 2.92. The summed E-state index contributed by atoms with van der Waals surface area (Å²) in [6.07, 6.45) is 4.63. The van der Waals surface area contributed by atoms with Crippen molar-refractivity contribution >= 4 is 11.8 Å². The summed E-state index contributed by atoms with van der Waals surface area (Å²) in [7, 11) is 0. The van der Waals surface area contributed by atoms with Crippen LogP contribution in [0.15, 0.2) is 85.2 Å². The van der Waals surface area contributed by atoms with Gasteiger partial charge >= 0.3 is 0 Å². The fourth-order valence-electron chi connectivity index (χ4n) is 4.76. The molecule has 2 amide bonds. The van der Waals surface area contributed by atoms with Crippen LogP contribution in [0.1, 0.15) is 36.5 Å². The molecule has 6 nitrogen and oxygen atoms in total. The number of piperazine rings is 1. The zero-order valence-electron chi connectivity index (χ0n) is 21.2. The molecule has 0 unspecified atom stereocenters. The van der Waals surface area contributed by atoms with Crippen LogP contribution in [0.25, 0.3) is 0 Å². The molecule has 0 aliphatic carbocycles. The Kier molecular flexibility index (Phi) is 8.85. The molecule has 2 heterocycles. The van der Waals surface area contributed by atoms with Gasteiger partial charge in [0.05, 0.1) is 5.92 Å². The molecule has 0 bridgehead atoms. The summed E-state index contributed by atoms with van der Waals surface area (Å²) in [4.78, 5) is 35.6. The normalized spacial score (nSPS) is 15.2. The quantitative estimate of drug-likeness (QED) is 0.503. The number of hydrogen-bond acceptors (Lipinski definition) is 4. The summed E-state index contributed by atoms with van der Waals surface area (Å²) in [5, 5.41) is 3.12. The highest BCUT2D eigenvalue weighted by Crippen LogP contribution is 2.25. The summed E-state index contributed by atoms with van der Waals surface area (Å²) >= 11 is 0. The van der Waals surface area contributed by atoms with Gasteiger partial charge in [0.2, 0.25) is 11.8 Å². The molecule has 1 aromatic heterocycles. The second kappa shape index (κ2) is 12.5. The number of pyridine rings is 1. The Morgan fingerprint density at radius 3 is 1.92 bits per heavy atom. The third-order valence-electron chi connectivity index (χ3n) is 6.91. The number of rotatable bonds is 9. The predicted octanol–water partition coefficient (Wildman–Crippen LogP) is 3.74. The van der Waals surface area contributed by atoms with Crippen molar-refractivity contribution in [3.05, 3.63) is 102 Å². The van der Waals surface area contributed by atoms with Gasteiger partial charge in [-0.15, -0.1) is 0 Å². The van der Waals surface area contributed by atoms with E-state index in [-0.39, 0.29) is 17.7 Å². The van der Waals surface area contributed by atoms with Crippen LogP contribution in [-0.4, -0.2) is 65.4 Å². The topological polar surface area (TPSA) is 65.5 Å². The van der Waals surface area contributed by atoms with Gasteiger partial charge in [0.1, 0.15) is 6.04 Å². The lowest BCUT2D eigenvalue weighted by atomic mass is 9.89. The molecule has 1 atom stereocenters. The smallest absolute Gasteiger partial charge is 0.245 e. The number of nitrogens with zero attached hydrogens (tertiary/aromatic N) is 3. The van der Waals surface area contributed by atoms with E-state index in [2.05, 4.69) is 15.2 Å². The first kappa shape index (κ1) is 25.6. The van der Waals surface area contributed by atoms with Gasteiger partial charge in [0, 0.05) is 45.1 Å². The fraction of sp³-hybridized carbons (Fsp3) is 0.367. The summed E-state index contributed by atoms with van der Waals surface area (Å²) in [6, 6.07) is 23.1. The lowest BCUT2D eigenvalue weighted by molar-refractivity contribution is -0.139. The third kappa shape index (κ3) is 6.58. The second-order valence-corrected chi connectivity index (χ2v) is 9.76. The lowest BCUT2D eigenvalue weighted by Crippen LogP contribution is -2.57. The molecule has 36 heavy (non-hydrogen) atoms. The van der Waals surface area contributed by atoms with E-state index < -0.39 is 12.0 Å². The molecule has 1 aliphatic rings. The molecule has 3 aromatic rings. The minimum absolute atomic E-state index is 0.00649. The van der Waals surface area contributed by atoms with Gasteiger partial charge in [0.25, 0.3) is 0 Å². The first-order valence-corrected chi connectivity index (χ1v) is 12.8. The maximum absolute atomic E-state index is 13.6. The van der Waals surface area contributed by atoms with Crippen LogP contribution < -0.4 is 5.32 Å². The highest BCUT2D eigenvalue weighted by atomic mass is 16.2. The highest BCUT2D eigenvalue weighted by Gasteiger charge is 2.33. The van der Waals surface area contributed by atoms with Crippen LogP contribution in [0.3, 0.4) is 0 Å². The van der Waals surface area contributed by atoms with Crippen LogP contribution in [0, 0.1) is 5.92 Å². The minimum atomic E-state index is -0.559. The molecular formula is C30H36N4O2. The largest absolute Gasteiger partial charge is 0.343 e. The molecule has 1 saturated heterocycles. The van der Waals surface area contributed by atoms with Crippen molar-refractivity contribution in [1.82, 2.24) is 20.1 Å². The van der Waals surface area contributed by atoms with E-state index in [0.717, 1.165) is 37.2 Å². The van der Waals surface area contributed by atoms with Crippen molar-refractivity contribution in [3.8, 4) is 0 Å². The number of nitrogens with one attached hydrogen (secondary N) is 1. The molecule has 0 saturated carbocycles. The molecule has 4 rings (SSSR count). The number of aromatic nitrogens is 1. The summed E-state index contributed by atoms with van der Waals surface area (Å²) in [5.41, 5.74) is 3.11. The van der Waals surface area contributed by atoms with Crippen molar-refractivity contribution < 1.29 is 9.59 Å². The Labute approximate surface area is 214 Å². The SMILES string of the molecule is CC(C)[C@H](NC(=O)C(c1ccccc1)c1ccccc1)C(=O)N1CCN(CCc2ccncc2)CC1. The summed E-state index contributed by atoms with van der Waals surface area (Å²) < 4.78 is 0. The summed E-state index contributed by atoms with van der Waals surface area (Å²) in [5.74, 6) is -0.618. The minimum Gasteiger partial charge on any atom is -0.343 e. The van der Waals surface area contributed by atoms with Gasteiger partial charge in [-0.1, -0.05) is 74.5 Å². The number of carbonyl (C=O) groups is 2. The van der Waals surface area contributed by atoms with Crippen molar-refractivity contribution in [2.75, 3.05) is 32.7 Å². The Bertz CT molecular complexity index is 1060. The van der Waals surface area contributed by atoms with Gasteiger partial charge in [-0.25, -0.2) is 0 Å². The van der Waals surface area contributed by atoms with E-state index in [1.165, 1.54) is 5.56 Å². The van der Waals surface area contributed by atoms with E-state index in [0.29, 0.717) is 13.1 Å². The van der Waals surface area contributed by atoms with Crippen LogP contribution >= 0.6 is 0 Å². The molecule has 2 aromatic carbocycles. The number of amides is 2. The predicted molar refractivity (Wildman–Crippen MR) is 142 cm³/mol. The Balaban J connectivity index is 1.39. The molecule has 1 aliphatic heterocycles. The molecule has 188 valence electrons. The van der Waals surface area contributed by atoms with E-state index in [9.17, 15) is 9.59 Å². The molecular weight excluding hydrogens is 448 g/mol. The van der Waals surface area contributed by atoms with Crippen molar-refractivity contribution in [3.63, 3.8) is 0 Å². The average molecular weight is 485 g/mol. The van der Waals surface area contributed by atoms with Crippen molar-refractivity contribution in [1.29, 1.82) is 0 Å². The summed E-state index contributed by atoms with van der Waals surface area (Å²) in [6.45, 7) is 7.98. The zero-order valence-corrected chi connectivity index (χ0v) is 21.2. The second-order valence-electron chi connectivity index (χ2n) is 9.76. The Hall–Kier alpha value is -3.51. The van der Waals surface area contributed by atoms with Crippen LogP contribution in [0.4, 0.5) is 0 Å². The van der Waals surface area contributed by atoms with Gasteiger partial charge in [-0.05, 0) is 41.2 Å². The Morgan fingerprint density at radius 2 is 1.39 bits per heavy atom. The van der Waals surface area contributed by atoms with Gasteiger partial charge < -0.3 is 10.2 Å².